The summed E-state index contributed by atoms with van der Waals surface area (Å²) in [7, 11) is 0. The number of amides is 2. The number of thiazole rings is 1. The summed E-state index contributed by atoms with van der Waals surface area (Å²) in [5.41, 5.74) is 4.98. The summed E-state index contributed by atoms with van der Waals surface area (Å²) in [6.45, 7) is 1.43. The Morgan fingerprint density at radius 3 is 2.83 bits per heavy atom. The molecule has 16 nitrogen and oxygen atoms in total. The zero-order chi connectivity index (χ0) is 30.1. The number of carbonyl (C=O) groups excluding carboxylic acids is 2. The summed E-state index contributed by atoms with van der Waals surface area (Å²) >= 11 is 4.83. The Balaban J connectivity index is 1.34. The van der Waals surface area contributed by atoms with Gasteiger partial charge in [-0.1, -0.05) is 16.9 Å². The number of rotatable bonds is 10. The predicted molar refractivity (Wildman–Crippen MR) is 152 cm³/mol. The van der Waals surface area contributed by atoms with Gasteiger partial charge in [0.15, 0.2) is 27.0 Å². The minimum atomic E-state index is -1.26. The van der Waals surface area contributed by atoms with Gasteiger partial charge in [0, 0.05) is 23.0 Å². The normalized spacial score (nSPS) is 19.2. The Morgan fingerprint density at radius 1 is 1.38 bits per heavy atom. The topological polar surface area (TPSA) is 235 Å². The number of β-lactam (4-membered cyclic amide) rings is 1. The van der Waals surface area contributed by atoms with Gasteiger partial charge in [0.1, 0.15) is 34.8 Å². The van der Waals surface area contributed by atoms with E-state index in [2.05, 4.69) is 24.8 Å². The van der Waals surface area contributed by atoms with Crippen molar-refractivity contribution < 1.29 is 34.6 Å². The quantitative estimate of drug-likeness (QED) is 0.0667. The molecule has 220 valence electrons. The molecule has 5 heterocycles. The molecule has 1 fully saturated rings. The number of thioether (sulfide) groups is 2. The van der Waals surface area contributed by atoms with Gasteiger partial charge in [0.2, 0.25) is 5.43 Å². The fraction of sp³-hybridized carbons (Fsp3) is 0.273. The lowest BCUT2D eigenvalue weighted by Gasteiger charge is -2.49. The summed E-state index contributed by atoms with van der Waals surface area (Å²) in [6.07, 6.45) is 1.11. The summed E-state index contributed by atoms with van der Waals surface area (Å²) in [6, 6.07) is -0.126. The first-order valence-corrected chi connectivity index (χ1v) is 15.4. The molecule has 3 atom stereocenters. The number of fused-ring (bicyclic) bond motifs is 1. The van der Waals surface area contributed by atoms with Gasteiger partial charge in [0.05, 0.1) is 6.20 Å². The number of aromatic hydroxyl groups is 1. The maximum absolute atomic E-state index is 13.3. The van der Waals surface area contributed by atoms with Crippen molar-refractivity contribution in [3.8, 4) is 5.75 Å². The zero-order valence-corrected chi connectivity index (χ0v) is 24.5. The van der Waals surface area contributed by atoms with Crippen molar-refractivity contribution in [1.82, 2.24) is 29.3 Å². The number of hydrogen-bond acceptors (Lipinski definition) is 16. The van der Waals surface area contributed by atoms with Crippen LogP contribution in [-0.2, 0) is 19.2 Å². The summed E-state index contributed by atoms with van der Waals surface area (Å²) in [5, 5.41) is 36.8. The fourth-order valence-corrected chi connectivity index (χ4v) is 7.47. The first-order chi connectivity index (χ1) is 20.0. The third-order valence-electron chi connectivity index (χ3n) is 5.99. The van der Waals surface area contributed by atoms with Crippen LogP contribution in [-0.4, -0.2) is 85.8 Å². The van der Waals surface area contributed by atoms with Gasteiger partial charge >= 0.3 is 5.97 Å². The number of carboxylic acids is 1. The Hall–Kier alpha value is -4.14. The van der Waals surface area contributed by atoms with E-state index in [0.717, 1.165) is 28.5 Å². The molecular weight excluding hydrogens is 633 g/mol. The van der Waals surface area contributed by atoms with E-state index in [1.54, 1.807) is 0 Å². The Kier molecular flexibility index (Phi) is 8.38. The number of carboxylic acid groups (broad SMARTS) is 1. The third-order valence-corrected chi connectivity index (χ3v) is 9.88. The van der Waals surface area contributed by atoms with Crippen LogP contribution in [0, 0.1) is 0 Å². The minimum Gasteiger partial charge on any atom is -0.503 e. The van der Waals surface area contributed by atoms with E-state index in [0.29, 0.717) is 26.1 Å². The maximum atomic E-state index is 13.3. The van der Waals surface area contributed by atoms with E-state index in [4.69, 9.17) is 10.6 Å². The highest BCUT2D eigenvalue weighted by Crippen LogP contribution is 2.41. The molecule has 3 aromatic heterocycles. The van der Waals surface area contributed by atoms with Crippen molar-refractivity contribution in [1.29, 1.82) is 0 Å². The molecule has 0 bridgehead atoms. The molecular formula is C22H20N8O8S4. The lowest BCUT2D eigenvalue weighted by molar-refractivity contribution is -0.150. The maximum Gasteiger partial charge on any atom is 0.352 e. The van der Waals surface area contributed by atoms with Crippen molar-refractivity contribution in [2.75, 3.05) is 17.2 Å². The lowest BCUT2D eigenvalue weighted by Crippen LogP contribution is -2.71. The number of anilines is 1. The Bertz CT molecular complexity index is 1670. The molecule has 2 aliphatic heterocycles. The van der Waals surface area contributed by atoms with Gasteiger partial charge in [-0.2, -0.15) is 9.10 Å². The third kappa shape index (κ3) is 5.78. The standard InChI is InChI=1S/C22H20N8O8S4/c1-8(11-2-12(31)13(32)3-29(11)37)38-28-14(10-6-40-21(23)26-10)17(33)27-15-18(34)30-16(20(35)36)9(4-39-19(15)30)5-41-22-24-7-25-42-22/h2-3,6-8,15,19,32,37H,4-5H2,1H3,(H2,23,26)(H,27,33)(H,35,36)/b28-14+/t8?,15-,19-/m1/s1. The van der Waals surface area contributed by atoms with Crippen LogP contribution in [0.4, 0.5) is 5.13 Å². The van der Waals surface area contributed by atoms with Gasteiger partial charge in [-0.25, -0.2) is 14.8 Å². The lowest BCUT2D eigenvalue weighted by atomic mass is 10.0. The smallest absolute Gasteiger partial charge is 0.352 e. The summed E-state index contributed by atoms with van der Waals surface area (Å²) in [4.78, 5) is 65.1. The van der Waals surface area contributed by atoms with Gasteiger partial charge in [-0.15, -0.1) is 23.1 Å². The van der Waals surface area contributed by atoms with Crippen LogP contribution in [0.5, 0.6) is 5.75 Å². The number of nitrogen functional groups attached to an aromatic ring is 1. The van der Waals surface area contributed by atoms with Crippen molar-refractivity contribution in [3.63, 3.8) is 0 Å². The second-order valence-electron chi connectivity index (χ2n) is 8.66. The molecule has 20 heteroatoms. The van der Waals surface area contributed by atoms with E-state index < -0.39 is 46.5 Å². The van der Waals surface area contributed by atoms with Crippen molar-refractivity contribution in [3.05, 3.63) is 56.9 Å². The Labute approximate surface area is 252 Å². The second kappa shape index (κ2) is 12.0. The number of pyridine rings is 1. The molecule has 1 saturated heterocycles. The highest BCUT2D eigenvalue weighted by Gasteiger charge is 2.54. The van der Waals surface area contributed by atoms with Crippen LogP contribution in [0.2, 0.25) is 0 Å². The number of oxime groups is 1. The number of nitrogens with two attached hydrogens (primary N) is 1. The molecule has 1 unspecified atom stereocenters. The van der Waals surface area contributed by atoms with Crippen molar-refractivity contribution >= 4 is 75.0 Å². The monoisotopic (exact) mass is 652 g/mol. The average molecular weight is 653 g/mol. The highest BCUT2D eigenvalue weighted by molar-refractivity contribution is 8.01. The number of aromatic nitrogens is 4. The van der Waals surface area contributed by atoms with E-state index in [1.165, 1.54) is 53.7 Å². The Morgan fingerprint density at radius 2 is 2.17 bits per heavy atom. The number of nitrogens with zero attached hydrogens (tertiary/aromatic N) is 6. The van der Waals surface area contributed by atoms with E-state index in [9.17, 15) is 34.6 Å². The van der Waals surface area contributed by atoms with Crippen molar-refractivity contribution in [2.45, 2.75) is 28.8 Å². The molecule has 0 radical (unpaired) electrons. The molecule has 0 saturated carbocycles. The van der Waals surface area contributed by atoms with E-state index in [-0.39, 0.29) is 27.9 Å². The van der Waals surface area contributed by atoms with Gasteiger partial charge < -0.3 is 31.3 Å². The van der Waals surface area contributed by atoms with Crippen molar-refractivity contribution in [2.24, 2.45) is 5.16 Å². The van der Waals surface area contributed by atoms with Gasteiger partial charge in [-0.05, 0) is 24.0 Å². The van der Waals surface area contributed by atoms with Crippen LogP contribution in [0.3, 0.4) is 0 Å². The molecule has 2 amide bonds. The second-order valence-corrected chi connectivity index (χ2v) is 12.7. The fourth-order valence-electron chi connectivity index (χ4n) is 4.00. The molecule has 2 aliphatic rings. The van der Waals surface area contributed by atoms with E-state index >= 15 is 0 Å². The predicted octanol–water partition coefficient (Wildman–Crippen LogP) is 0.694. The first kappa shape index (κ1) is 29.4. The molecule has 0 spiro atoms. The average Bonchev–Trinajstić information content (AvgIpc) is 3.63. The molecule has 42 heavy (non-hydrogen) atoms. The van der Waals surface area contributed by atoms with Crippen LogP contribution in [0.15, 0.2) is 49.5 Å². The minimum absolute atomic E-state index is 0.0383. The number of aliphatic carboxylic acids is 1. The first-order valence-electron chi connectivity index (χ1n) is 11.8. The number of hydrogen-bond donors (Lipinski definition) is 5. The van der Waals surface area contributed by atoms with E-state index in [1.807, 2.05) is 0 Å². The van der Waals surface area contributed by atoms with Gasteiger partial charge in [-0.3, -0.25) is 19.3 Å². The number of nitrogens with one attached hydrogen (secondary N) is 1. The molecule has 3 aromatic rings. The van der Waals surface area contributed by atoms with Crippen LogP contribution in [0.25, 0.3) is 0 Å². The molecule has 0 aromatic carbocycles. The molecule has 6 N–H and O–H groups in total. The van der Waals surface area contributed by atoms with Crippen LogP contribution >= 0.6 is 46.4 Å². The molecule has 5 rings (SSSR count). The largest absolute Gasteiger partial charge is 0.503 e. The number of carbonyl (C=O) groups is 3. The highest BCUT2D eigenvalue weighted by atomic mass is 32.2. The molecule has 0 aliphatic carbocycles. The SMILES string of the molecule is CC(O/N=C(/C(=O)N[C@@H]1C(=O)N2C(C(=O)O)=C(CSc3ncns3)CS[C@H]12)c1csc(N)n1)c1cc(=O)c(O)cn1O. The summed E-state index contributed by atoms with van der Waals surface area (Å²) in [5.74, 6) is -2.79. The van der Waals surface area contributed by atoms with Gasteiger partial charge in [0.25, 0.3) is 11.8 Å². The van der Waals surface area contributed by atoms with Crippen LogP contribution in [0.1, 0.15) is 24.4 Å². The van der Waals surface area contributed by atoms with Crippen LogP contribution < -0.4 is 16.5 Å². The zero-order valence-electron chi connectivity index (χ0n) is 21.2. The summed E-state index contributed by atoms with van der Waals surface area (Å²) < 4.78 is 5.06.